The first kappa shape index (κ1) is 15.2. The van der Waals surface area contributed by atoms with Gasteiger partial charge < -0.3 is 15.1 Å². The lowest BCUT2D eigenvalue weighted by atomic mass is 9.98. The summed E-state index contributed by atoms with van der Waals surface area (Å²) < 4.78 is 0. The van der Waals surface area contributed by atoms with Gasteiger partial charge in [0, 0.05) is 25.3 Å². The van der Waals surface area contributed by atoms with Crippen molar-refractivity contribution in [1.29, 1.82) is 0 Å². The summed E-state index contributed by atoms with van der Waals surface area (Å²) in [5, 5.41) is 29.4. The number of piperidine rings is 1. The molecule has 0 spiro atoms. The quantitative estimate of drug-likeness (QED) is 0.636. The first-order valence-corrected chi connectivity index (χ1v) is 6.94. The number of benzene rings is 1. The van der Waals surface area contributed by atoms with Crippen molar-refractivity contribution in [3.63, 3.8) is 0 Å². The van der Waals surface area contributed by atoms with E-state index in [2.05, 4.69) is 0 Å². The standard InChI is InChI=1S/C14H18N2O5/c17-8-6-11-3-1-2-7-15(11)13-9-10(14(18)19)4-5-12(13)16(20)21/h4-5,9,11,17H,1-3,6-8H2,(H,18,19). The summed E-state index contributed by atoms with van der Waals surface area (Å²) in [6.45, 7) is 0.641. The molecule has 1 aliphatic rings. The Hall–Kier alpha value is -2.15. The van der Waals surface area contributed by atoms with Crippen molar-refractivity contribution in [2.75, 3.05) is 18.1 Å². The predicted molar refractivity (Wildman–Crippen MR) is 76.7 cm³/mol. The molecular weight excluding hydrogens is 276 g/mol. The summed E-state index contributed by atoms with van der Waals surface area (Å²) in [6, 6.07) is 3.85. The van der Waals surface area contributed by atoms with E-state index in [4.69, 9.17) is 10.2 Å². The zero-order chi connectivity index (χ0) is 15.4. The summed E-state index contributed by atoms with van der Waals surface area (Å²) in [4.78, 5) is 23.7. The number of nitro benzene ring substituents is 1. The van der Waals surface area contributed by atoms with Crippen LogP contribution in [0.4, 0.5) is 11.4 Å². The molecular formula is C14H18N2O5. The number of nitrogens with zero attached hydrogens (tertiary/aromatic N) is 2. The summed E-state index contributed by atoms with van der Waals surface area (Å²) in [5.41, 5.74) is 0.270. The van der Waals surface area contributed by atoms with E-state index < -0.39 is 10.9 Å². The van der Waals surface area contributed by atoms with Gasteiger partial charge >= 0.3 is 5.97 Å². The number of carboxylic acid groups (broad SMARTS) is 1. The Balaban J connectivity index is 2.44. The van der Waals surface area contributed by atoms with Crippen LogP contribution in [0.2, 0.25) is 0 Å². The van der Waals surface area contributed by atoms with Crippen molar-refractivity contribution in [3.8, 4) is 0 Å². The van der Waals surface area contributed by atoms with Gasteiger partial charge in [0.15, 0.2) is 0 Å². The first-order valence-electron chi connectivity index (χ1n) is 6.94. The summed E-state index contributed by atoms with van der Waals surface area (Å²) in [5.74, 6) is -1.11. The van der Waals surface area contributed by atoms with Gasteiger partial charge in [0.2, 0.25) is 0 Å². The van der Waals surface area contributed by atoms with E-state index in [-0.39, 0.29) is 23.9 Å². The van der Waals surface area contributed by atoms with Crippen LogP contribution < -0.4 is 4.90 Å². The summed E-state index contributed by atoms with van der Waals surface area (Å²) in [6.07, 6.45) is 3.27. The van der Waals surface area contributed by atoms with Gasteiger partial charge in [0.25, 0.3) is 5.69 Å². The molecule has 0 bridgehead atoms. The lowest BCUT2D eigenvalue weighted by Gasteiger charge is -2.37. The molecule has 1 saturated heterocycles. The summed E-state index contributed by atoms with van der Waals surface area (Å²) >= 11 is 0. The number of hydrogen-bond donors (Lipinski definition) is 2. The minimum Gasteiger partial charge on any atom is -0.478 e. The van der Waals surface area contributed by atoms with E-state index in [0.29, 0.717) is 18.7 Å². The maximum Gasteiger partial charge on any atom is 0.335 e. The molecule has 0 aliphatic carbocycles. The zero-order valence-corrected chi connectivity index (χ0v) is 11.6. The minimum atomic E-state index is -1.11. The van der Waals surface area contributed by atoms with Gasteiger partial charge in [0.1, 0.15) is 5.69 Å². The lowest BCUT2D eigenvalue weighted by molar-refractivity contribution is -0.384. The normalized spacial score (nSPS) is 18.5. The smallest absolute Gasteiger partial charge is 0.335 e. The van der Waals surface area contributed by atoms with Crippen molar-refractivity contribution < 1.29 is 19.9 Å². The molecule has 1 heterocycles. The second-order valence-corrected chi connectivity index (χ2v) is 5.12. The second kappa shape index (κ2) is 6.53. The van der Waals surface area contributed by atoms with E-state index in [1.165, 1.54) is 18.2 Å². The number of rotatable bonds is 5. The topological polar surface area (TPSA) is 104 Å². The van der Waals surface area contributed by atoms with Gasteiger partial charge in [-0.3, -0.25) is 10.1 Å². The largest absolute Gasteiger partial charge is 0.478 e. The number of carboxylic acids is 1. The number of hydrogen-bond acceptors (Lipinski definition) is 5. The monoisotopic (exact) mass is 294 g/mol. The Labute approximate surface area is 122 Å². The highest BCUT2D eigenvalue weighted by Crippen LogP contribution is 2.34. The molecule has 1 aromatic rings. The molecule has 7 heteroatoms. The number of aliphatic hydroxyl groups is 1. The Morgan fingerprint density at radius 3 is 2.81 bits per heavy atom. The highest BCUT2D eigenvalue weighted by atomic mass is 16.6. The van der Waals surface area contributed by atoms with Crippen LogP contribution in [0, 0.1) is 10.1 Å². The van der Waals surface area contributed by atoms with Crippen LogP contribution in [0.1, 0.15) is 36.0 Å². The fourth-order valence-corrected chi connectivity index (χ4v) is 2.81. The minimum absolute atomic E-state index is 0.00601. The number of anilines is 1. The van der Waals surface area contributed by atoms with Gasteiger partial charge in [0.05, 0.1) is 10.5 Å². The average Bonchev–Trinajstić information content (AvgIpc) is 2.47. The van der Waals surface area contributed by atoms with Gasteiger partial charge in [-0.15, -0.1) is 0 Å². The molecule has 21 heavy (non-hydrogen) atoms. The van der Waals surface area contributed by atoms with Crippen LogP contribution in [-0.4, -0.2) is 40.3 Å². The van der Waals surface area contributed by atoms with Crippen LogP contribution in [0.25, 0.3) is 0 Å². The molecule has 1 fully saturated rings. The number of aromatic carboxylic acids is 1. The van der Waals surface area contributed by atoms with E-state index in [1.807, 2.05) is 4.90 Å². The van der Waals surface area contributed by atoms with Crippen molar-refractivity contribution in [3.05, 3.63) is 33.9 Å². The fourth-order valence-electron chi connectivity index (χ4n) is 2.81. The molecule has 1 atom stereocenters. The maximum atomic E-state index is 11.2. The molecule has 1 aliphatic heterocycles. The van der Waals surface area contributed by atoms with Crippen LogP contribution in [0.3, 0.4) is 0 Å². The van der Waals surface area contributed by atoms with Gasteiger partial charge in [-0.1, -0.05) is 0 Å². The van der Waals surface area contributed by atoms with E-state index in [0.717, 1.165) is 19.3 Å². The predicted octanol–water partition coefficient (Wildman–Crippen LogP) is 2.03. The molecule has 1 unspecified atom stereocenters. The van der Waals surface area contributed by atoms with Gasteiger partial charge in [-0.25, -0.2) is 4.79 Å². The molecule has 0 aromatic heterocycles. The van der Waals surface area contributed by atoms with Crippen molar-refractivity contribution >= 4 is 17.3 Å². The Morgan fingerprint density at radius 1 is 1.43 bits per heavy atom. The Kier molecular flexibility index (Phi) is 4.74. The van der Waals surface area contributed by atoms with Crippen molar-refractivity contribution in [2.45, 2.75) is 31.7 Å². The maximum absolute atomic E-state index is 11.2. The molecule has 0 saturated carbocycles. The number of aliphatic hydroxyl groups excluding tert-OH is 1. The zero-order valence-electron chi connectivity index (χ0n) is 11.6. The lowest BCUT2D eigenvalue weighted by Crippen LogP contribution is -2.40. The molecule has 2 N–H and O–H groups in total. The third-order valence-corrected chi connectivity index (χ3v) is 3.82. The SMILES string of the molecule is O=C(O)c1ccc([N+](=O)[O-])c(N2CCCCC2CCO)c1. The van der Waals surface area contributed by atoms with Gasteiger partial charge in [-0.2, -0.15) is 0 Å². The number of nitro groups is 1. The highest BCUT2D eigenvalue weighted by molar-refractivity contribution is 5.90. The Bertz CT molecular complexity index is 544. The molecule has 1 aromatic carbocycles. The fraction of sp³-hybridized carbons (Fsp3) is 0.500. The van der Waals surface area contributed by atoms with Crippen molar-refractivity contribution in [1.82, 2.24) is 0 Å². The summed E-state index contributed by atoms with van der Waals surface area (Å²) in [7, 11) is 0. The molecule has 114 valence electrons. The molecule has 0 radical (unpaired) electrons. The molecule has 2 rings (SSSR count). The third kappa shape index (κ3) is 3.30. The van der Waals surface area contributed by atoms with Crippen LogP contribution >= 0.6 is 0 Å². The van der Waals surface area contributed by atoms with Crippen LogP contribution in [0.5, 0.6) is 0 Å². The Morgan fingerprint density at radius 2 is 2.19 bits per heavy atom. The molecule has 0 amide bonds. The third-order valence-electron chi connectivity index (χ3n) is 3.82. The van der Waals surface area contributed by atoms with Gasteiger partial charge in [-0.05, 0) is 37.8 Å². The first-order chi connectivity index (χ1) is 10.0. The van der Waals surface area contributed by atoms with Crippen LogP contribution in [0.15, 0.2) is 18.2 Å². The second-order valence-electron chi connectivity index (χ2n) is 5.12. The van der Waals surface area contributed by atoms with E-state index >= 15 is 0 Å². The molecule has 7 nitrogen and oxygen atoms in total. The highest BCUT2D eigenvalue weighted by Gasteiger charge is 2.28. The van der Waals surface area contributed by atoms with Crippen LogP contribution in [-0.2, 0) is 0 Å². The van der Waals surface area contributed by atoms with E-state index in [9.17, 15) is 14.9 Å². The average molecular weight is 294 g/mol. The van der Waals surface area contributed by atoms with Crippen molar-refractivity contribution in [2.24, 2.45) is 0 Å². The van der Waals surface area contributed by atoms with E-state index in [1.54, 1.807) is 0 Å². The number of carbonyl (C=O) groups is 1.